The number of hydrogen-bond donors (Lipinski definition) is 2. The van der Waals surface area contributed by atoms with Crippen LogP contribution in [-0.4, -0.2) is 34.3 Å². The monoisotopic (exact) mass is 302 g/mol. The Balaban J connectivity index is 1.89. The zero-order valence-corrected chi connectivity index (χ0v) is 12.3. The Labute approximate surface area is 128 Å². The van der Waals surface area contributed by atoms with Gasteiger partial charge in [0, 0.05) is 11.8 Å². The Morgan fingerprint density at radius 2 is 2.09 bits per heavy atom. The molecule has 6 nitrogen and oxygen atoms in total. The van der Waals surface area contributed by atoms with Crippen LogP contribution >= 0.6 is 0 Å². The highest BCUT2D eigenvalue weighted by atomic mass is 16.5. The molecule has 0 amide bonds. The number of methoxy groups -OCH3 is 1. The third-order valence-corrected chi connectivity index (χ3v) is 3.83. The summed E-state index contributed by atoms with van der Waals surface area (Å²) in [5.74, 6) is 0.774. The third-order valence-electron chi connectivity index (χ3n) is 3.83. The molecule has 0 bridgehead atoms. The van der Waals surface area contributed by atoms with Crippen LogP contribution in [0.15, 0.2) is 24.4 Å². The minimum absolute atomic E-state index is 0.0101. The highest BCUT2D eigenvalue weighted by Crippen LogP contribution is 2.34. The Hall–Kier alpha value is -2.50. The predicted molar refractivity (Wildman–Crippen MR) is 80.4 cm³/mol. The van der Waals surface area contributed by atoms with E-state index in [0.29, 0.717) is 17.3 Å². The second-order valence-corrected chi connectivity index (χ2v) is 5.33. The second-order valence-electron chi connectivity index (χ2n) is 5.33. The molecule has 6 heteroatoms. The van der Waals surface area contributed by atoms with Crippen molar-refractivity contribution in [1.82, 2.24) is 9.97 Å². The van der Waals surface area contributed by atoms with Gasteiger partial charge < -0.3 is 19.6 Å². The van der Waals surface area contributed by atoms with Crippen molar-refractivity contribution >= 4 is 5.97 Å². The molecule has 1 aliphatic carbocycles. The summed E-state index contributed by atoms with van der Waals surface area (Å²) in [5.41, 5.74) is 0.755. The van der Waals surface area contributed by atoms with Gasteiger partial charge in [0.25, 0.3) is 0 Å². The number of ether oxygens (including phenoxy) is 2. The maximum absolute atomic E-state index is 10.9. The molecule has 1 saturated carbocycles. The molecule has 22 heavy (non-hydrogen) atoms. The van der Waals surface area contributed by atoms with Gasteiger partial charge >= 0.3 is 5.97 Å². The molecule has 0 spiro atoms. The van der Waals surface area contributed by atoms with Crippen LogP contribution in [-0.2, 0) is 0 Å². The van der Waals surface area contributed by atoms with Gasteiger partial charge in [-0.25, -0.2) is 9.78 Å². The van der Waals surface area contributed by atoms with Gasteiger partial charge in [-0.1, -0.05) is 0 Å². The van der Waals surface area contributed by atoms with E-state index in [1.165, 1.54) is 19.0 Å². The molecule has 1 aromatic heterocycles. The zero-order chi connectivity index (χ0) is 15.5. The number of carboxylic acids is 1. The summed E-state index contributed by atoms with van der Waals surface area (Å²) in [5, 5.41) is 8.94. The first-order chi connectivity index (χ1) is 10.7. The lowest BCUT2D eigenvalue weighted by molar-refractivity contribution is 0.0691. The Morgan fingerprint density at radius 3 is 2.73 bits per heavy atom. The lowest BCUT2D eigenvalue weighted by atomic mass is 10.2. The first-order valence-electron chi connectivity index (χ1n) is 7.31. The fourth-order valence-electron chi connectivity index (χ4n) is 2.68. The summed E-state index contributed by atoms with van der Waals surface area (Å²) >= 11 is 0. The average Bonchev–Trinajstić information content (AvgIpc) is 3.18. The second kappa shape index (κ2) is 6.09. The summed E-state index contributed by atoms with van der Waals surface area (Å²) in [7, 11) is 1.60. The summed E-state index contributed by atoms with van der Waals surface area (Å²) in [6.07, 6.45) is 6.07. The topological polar surface area (TPSA) is 84.4 Å². The van der Waals surface area contributed by atoms with Crippen molar-refractivity contribution in [3.63, 3.8) is 0 Å². The van der Waals surface area contributed by atoms with Crippen molar-refractivity contribution in [3.05, 3.63) is 30.1 Å². The van der Waals surface area contributed by atoms with Gasteiger partial charge in [-0.3, -0.25) is 0 Å². The molecule has 0 unspecified atom stereocenters. The van der Waals surface area contributed by atoms with E-state index in [9.17, 15) is 4.79 Å². The summed E-state index contributed by atoms with van der Waals surface area (Å²) in [6.45, 7) is 0. The van der Waals surface area contributed by atoms with E-state index in [1.54, 1.807) is 7.11 Å². The van der Waals surface area contributed by atoms with Crippen LogP contribution in [0.3, 0.4) is 0 Å². The van der Waals surface area contributed by atoms with Crippen LogP contribution in [0.2, 0.25) is 0 Å². The van der Waals surface area contributed by atoms with Crippen LogP contribution in [0.5, 0.6) is 11.5 Å². The van der Waals surface area contributed by atoms with Crippen molar-refractivity contribution in [2.45, 2.75) is 31.8 Å². The molecule has 2 aromatic rings. The number of carbonyl (C=O) groups is 1. The molecule has 0 aliphatic heterocycles. The van der Waals surface area contributed by atoms with E-state index in [2.05, 4.69) is 9.97 Å². The molecule has 1 heterocycles. The molecular weight excluding hydrogens is 284 g/mol. The summed E-state index contributed by atoms with van der Waals surface area (Å²) in [4.78, 5) is 17.8. The van der Waals surface area contributed by atoms with Gasteiger partial charge in [-0.05, 0) is 43.9 Å². The van der Waals surface area contributed by atoms with Crippen LogP contribution in [0.1, 0.15) is 36.2 Å². The Morgan fingerprint density at radius 1 is 1.32 bits per heavy atom. The molecule has 0 atom stereocenters. The minimum Gasteiger partial charge on any atom is -0.493 e. The smallest absolute Gasteiger partial charge is 0.356 e. The predicted octanol–water partition coefficient (Wildman–Crippen LogP) is 3.10. The number of aromatic carboxylic acids is 1. The number of imidazole rings is 1. The summed E-state index contributed by atoms with van der Waals surface area (Å²) < 4.78 is 11.4. The first-order valence-corrected chi connectivity index (χ1v) is 7.31. The molecule has 0 radical (unpaired) electrons. The average molecular weight is 302 g/mol. The zero-order valence-electron chi connectivity index (χ0n) is 12.3. The van der Waals surface area contributed by atoms with Gasteiger partial charge in [-0.2, -0.15) is 0 Å². The van der Waals surface area contributed by atoms with Crippen molar-refractivity contribution in [2.24, 2.45) is 0 Å². The highest BCUT2D eigenvalue weighted by molar-refractivity contribution is 5.85. The van der Waals surface area contributed by atoms with Crippen LogP contribution in [0, 0.1) is 0 Å². The highest BCUT2D eigenvalue weighted by Gasteiger charge is 2.19. The third kappa shape index (κ3) is 2.90. The van der Waals surface area contributed by atoms with Crippen molar-refractivity contribution in [1.29, 1.82) is 0 Å². The van der Waals surface area contributed by atoms with E-state index in [0.717, 1.165) is 18.4 Å². The maximum atomic E-state index is 10.9. The largest absolute Gasteiger partial charge is 0.493 e. The van der Waals surface area contributed by atoms with E-state index in [1.807, 2.05) is 18.2 Å². The van der Waals surface area contributed by atoms with E-state index in [4.69, 9.17) is 14.6 Å². The molecule has 3 rings (SSSR count). The number of nitrogens with one attached hydrogen (secondary N) is 1. The van der Waals surface area contributed by atoms with Gasteiger partial charge in [0.1, 0.15) is 5.82 Å². The number of benzene rings is 1. The molecule has 1 fully saturated rings. The molecule has 0 saturated heterocycles. The Bertz CT molecular complexity index is 675. The van der Waals surface area contributed by atoms with Crippen LogP contribution < -0.4 is 9.47 Å². The molecule has 116 valence electrons. The number of rotatable bonds is 5. The van der Waals surface area contributed by atoms with Crippen molar-refractivity contribution in [3.8, 4) is 22.9 Å². The molecule has 1 aliphatic rings. The van der Waals surface area contributed by atoms with Crippen LogP contribution in [0.4, 0.5) is 0 Å². The van der Waals surface area contributed by atoms with Gasteiger partial charge in [0.2, 0.25) is 0 Å². The number of nitrogens with zero attached hydrogens (tertiary/aromatic N) is 1. The minimum atomic E-state index is -1.06. The number of aromatic nitrogens is 2. The lowest BCUT2D eigenvalue weighted by Gasteiger charge is -2.16. The molecule has 2 N–H and O–H groups in total. The van der Waals surface area contributed by atoms with Crippen LogP contribution in [0.25, 0.3) is 11.4 Å². The SMILES string of the molecule is COc1ccc(-c2nc(C(=O)O)c[nH]2)cc1OC1CCCC1. The van der Waals surface area contributed by atoms with Gasteiger partial charge in [-0.15, -0.1) is 0 Å². The number of aromatic amines is 1. The van der Waals surface area contributed by atoms with E-state index >= 15 is 0 Å². The normalized spacial score (nSPS) is 15.0. The van der Waals surface area contributed by atoms with E-state index < -0.39 is 5.97 Å². The number of hydrogen-bond acceptors (Lipinski definition) is 4. The molecule has 1 aromatic carbocycles. The van der Waals surface area contributed by atoms with Crippen molar-refractivity contribution in [2.75, 3.05) is 7.11 Å². The van der Waals surface area contributed by atoms with Gasteiger partial charge in [0.05, 0.1) is 13.2 Å². The fraction of sp³-hybridized carbons (Fsp3) is 0.375. The lowest BCUT2D eigenvalue weighted by Crippen LogP contribution is -2.11. The van der Waals surface area contributed by atoms with Crippen molar-refractivity contribution < 1.29 is 19.4 Å². The summed E-state index contributed by atoms with van der Waals surface area (Å²) in [6, 6.07) is 5.47. The maximum Gasteiger partial charge on any atom is 0.356 e. The van der Waals surface area contributed by atoms with E-state index in [-0.39, 0.29) is 11.8 Å². The first kappa shape index (κ1) is 14.4. The number of H-pyrrole nitrogens is 1. The quantitative estimate of drug-likeness (QED) is 0.886. The Kier molecular flexibility index (Phi) is 4.00. The fourth-order valence-corrected chi connectivity index (χ4v) is 2.68. The standard InChI is InChI=1S/C16H18N2O4/c1-21-13-7-6-10(15-17-9-12(18-15)16(19)20)8-14(13)22-11-4-2-3-5-11/h6-9,11H,2-5H2,1H3,(H,17,18)(H,19,20). The number of carboxylic acid groups (broad SMARTS) is 1. The van der Waals surface area contributed by atoms with Gasteiger partial charge in [0.15, 0.2) is 17.2 Å². The molecular formula is C16H18N2O4.